The molecule has 0 aliphatic rings. The predicted molar refractivity (Wildman–Crippen MR) is 88.6 cm³/mol. The highest BCUT2D eigenvalue weighted by molar-refractivity contribution is 5.29. The van der Waals surface area contributed by atoms with Crippen molar-refractivity contribution in [1.82, 2.24) is 15.1 Å². The first-order valence-electron chi connectivity index (χ1n) is 7.58. The number of nitrogens with zero attached hydrogens (tertiary/aromatic N) is 2. The normalized spacial score (nSPS) is 13.4. The van der Waals surface area contributed by atoms with Gasteiger partial charge in [-0.15, -0.1) is 0 Å². The van der Waals surface area contributed by atoms with Gasteiger partial charge < -0.3 is 5.32 Å². The largest absolute Gasteiger partial charge is 0.311 e. The van der Waals surface area contributed by atoms with Gasteiger partial charge in [0.25, 0.3) is 0 Å². The Morgan fingerprint density at radius 1 is 1.19 bits per heavy atom. The molecule has 2 aromatic rings. The van der Waals surface area contributed by atoms with Crippen LogP contribution < -0.4 is 5.32 Å². The lowest BCUT2D eigenvalue weighted by Crippen LogP contribution is -2.21. The zero-order valence-electron chi connectivity index (χ0n) is 14.1. The monoisotopic (exact) mass is 285 g/mol. The highest BCUT2D eigenvalue weighted by Crippen LogP contribution is 2.24. The summed E-state index contributed by atoms with van der Waals surface area (Å²) in [5, 5.41) is 7.85. The summed E-state index contributed by atoms with van der Waals surface area (Å²) in [7, 11) is 4.02. The number of hydrogen-bond acceptors (Lipinski definition) is 2. The summed E-state index contributed by atoms with van der Waals surface area (Å²) in [6, 6.07) is 11.4. The maximum atomic E-state index is 4.44. The number of aromatic nitrogens is 2. The molecule has 0 amide bonds. The van der Waals surface area contributed by atoms with Crippen LogP contribution in [0.3, 0.4) is 0 Å². The zero-order valence-corrected chi connectivity index (χ0v) is 14.1. The lowest BCUT2D eigenvalue weighted by Gasteiger charge is -2.20. The van der Waals surface area contributed by atoms with Crippen LogP contribution in [0.1, 0.15) is 49.3 Å². The SMILES string of the molecule is CNC(Cc1ccc(C(C)(C)C)cc1)c1cc(C)nn1C. The summed E-state index contributed by atoms with van der Waals surface area (Å²) >= 11 is 0. The van der Waals surface area contributed by atoms with Gasteiger partial charge in [0.2, 0.25) is 0 Å². The van der Waals surface area contributed by atoms with Gasteiger partial charge in [-0.05, 0) is 43.0 Å². The highest BCUT2D eigenvalue weighted by atomic mass is 15.3. The average Bonchev–Trinajstić information content (AvgIpc) is 2.74. The standard InChI is InChI=1S/C18H27N3/c1-13-11-17(21(6)20-13)16(19-5)12-14-7-9-15(10-8-14)18(2,3)4/h7-11,16,19H,12H2,1-6H3. The van der Waals surface area contributed by atoms with Crippen LogP contribution in [0, 0.1) is 6.92 Å². The molecule has 3 nitrogen and oxygen atoms in total. The third-order valence-corrected chi connectivity index (χ3v) is 4.00. The number of rotatable bonds is 4. The van der Waals surface area contributed by atoms with E-state index >= 15 is 0 Å². The van der Waals surface area contributed by atoms with E-state index in [-0.39, 0.29) is 11.5 Å². The van der Waals surface area contributed by atoms with Crippen molar-refractivity contribution < 1.29 is 0 Å². The van der Waals surface area contributed by atoms with E-state index in [1.165, 1.54) is 16.8 Å². The molecule has 0 radical (unpaired) electrons. The van der Waals surface area contributed by atoms with Crippen molar-refractivity contribution in [1.29, 1.82) is 0 Å². The van der Waals surface area contributed by atoms with Gasteiger partial charge in [-0.1, -0.05) is 45.0 Å². The van der Waals surface area contributed by atoms with Crippen molar-refractivity contribution in [3.8, 4) is 0 Å². The molecule has 1 unspecified atom stereocenters. The van der Waals surface area contributed by atoms with Crippen molar-refractivity contribution in [2.45, 2.75) is 45.6 Å². The highest BCUT2D eigenvalue weighted by Gasteiger charge is 2.16. The minimum Gasteiger partial charge on any atom is -0.311 e. The molecule has 21 heavy (non-hydrogen) atoms. The van der Waals surface area contributed by atoms with Crippen LogP contribution in [0.2, 0.25) is 0 Å². The van der Waals surface area contributed by atoms with Crippen molar-refractivity contribution >= 4 is 0 Å². The minimum atomic E-state index is 0.208. The van der Waals surface area contributed by atoms with Gasteiger partial charge in [-0.25, -0.2) is 0 Å². The summed E-state index contributed by atoms with van der Waals surface area (Å²) in [6.07, 6.45) is 0.972. The first-order chi connectivity index (χ1) is 9.81. The van der Waals surface area contributed by atoms with E-state index in [1.54, 1.807) is 0 Å². The van der Waals surface area contributed by atoms with Crippen LogP contribution in [0.5, 0.6) is 0 Å². The molecule has 3 heteroatoms. The van der Waals surface area contributed by atoms with E-state index in [1.807, 2.05) is 25.7 Å². The van der Waals surface area contributed by atoms with Crippen molar-refractivity contribution in [3.63, 3.8) is 0 Å². The van der Waals surface area contributed by atoms with Gasteiger partial charge in [0.15, 0.2) is 0 Å². The third-order valence-electron chi connectivity index (χ3n) is 4.00. The molecule has 0 saturated heterocycles. The quantitative estimate of drug-likeness (QED) is 0.931. The summed E-state index contributed by atoms with van der Waals surface area (Å²) in [5.74, 6) is 0. The van der Waals surface area contributed by atoms with E-state index in [0.29, 0.717) is 0 Å². The molecule has 0 saturated carbocycles. The molecule has 0 spiro atoms. The average molecular weight is 285 g/mol. The summed E-state index contributed by atoms with van der Waals surface area (Å²) in [4.78, 5) is 0. The molecule has 0 bridgehead atoms. The second-order valence-electron chi connectivity index (χ2n) is 6.83. The topological polar surface area (TPSA) is 29.9 Å². The van der Waals surface area contributed by atoms with Gasteiger partial charge >= 0.3 is 0 Å². The van der Waals surface area contributed by atoms with E-state index in [9.17, 15) is 0 Å². The molecule has 0 aliphatic heterocycles. The second kappa shape index (κ2) is 6.02. The molecule has 1 atom stereocenters. The predicted octanol–water partition coefficient (Wildman–Crippen LogP) is 3.53. The van der Waals surface area contributed by atoms with Crippen molar-refractivity contribution in [2.75, 3.05) is 7.05 Å². The fourth-order valence-electron chi connectivity index (χ4n) is 2.69. The van der Waals surface area contributed by atoms with Gasteiger partial charge in [0.05, 0.1) is 17.4 Å². The van der Waals surface area contributed by atoms with Crippen LogP contribution >= 0.6 is 0 Å². The first kappa shape index (κ1) is 15.8. The van der Waals surface area contributed by atoms with Gasteiger partial charge in [0, 0.05) is 7.05 Å². The molecule has 1 aromatic heterocycles. The smallest absolute Gasteiger partial charge is 0.0597 e. The number of hydrogen-bond donors (Lipinski definition) is 1. The van der Waals surface area contributed by atoms with Crippen LogP contribution in [0.25, 0.3) is 0 Å². The number of aryl methyl sites for hydroxylation is 2. The Labute approximate surface area is 128 Å². The van der Waals surface area contributed by atoms with Gasteiger partial charge in [-0.2, -0.15) is 5.10 Å². The van der Waals surface area contributed by atoms with E-state index < -0.39 is 0 Å². The molecule has 0 fully saturated rings. The Hall–Kier alpha value is -1.61. The van der Waals surface area contributed by atoms with Crippen LogP contribution in [-0.2, 0) is 18.9 Å². The lowest BCUT2D eigenvalue weighted by atomic mass is 9.86. The first-order valence-corrected chi connectivity index (χ1v) is 7.58. The number of benzene rings is 1. The second-order valence-corrected chi connectivity index (χ2v) is 6.83. The van der Waals surface area contributed by atoms with E-state index in [4.69, 9.17) is 0 Å². The van der Waals surface area contributed by atoms with Crippen molar-refractivity contribution in [2.24, 2.45) is 7.05 Å². The fourth-order valence-corrected chi connectivity index (χ4v) is 2.69. The van der Waals surface area contributed by atoms with Crippen LogP contribution in [0.4, 0.5) is 0 Å². The third kappa shape index (κ3) is 3.73. The van der Waals surface area contributed by atoms with E-state index in [0.717, 1.165) is 12.1 Å². The van der Waals surface area contributed by atoms with Gasteiger partial charge in [-0.3, -0.25) is 4.68 Å². The van der Waals surface area contributed by atoms with Gasteiger partial charge in [0.1, 0.15) is 0 Å². The molecule has 2 rings (SSSR count). The van der Waals surface area contributed by atoms with E-state index in [2.05, 4.69) is 61.5 Å². The Morgan fingerprint density at radius 3 is 2.24 bits per heavy atom. The molecule has 1 N–H and O–H groups in total. The molecular formula is C18H27N3. The maximum Gasteiger partial charge on any atom is 0.0597 e. The molecule has 0 aliphatic carbocycles. The Bertz CT molecular complexity index is 588. The maximum absolute atomic E-state index is 4.44. The minimum absolute atomic E-state index is 0.208. The Balaban J connectivity index is 2.17. The Kier molecular flexibility index (Phi) is 4.52. The Morgan fingerprint density at radius 2 is 1.81 bits per heavy atom. The molecule has 1 aromatic carbocycles. The van der Waals surface area contributed by atoms with Crippen LogP contribution in [0.15, 0.2) is 30.3 Å². The summed E-state index contributed by atoms with van der Waals surface area (Å²) in [6.45, 7) is 8.78. The molecular weight excluding hydrogens is 258 g/mol. The number of nitrogens with one attached hydrogen (secondary N) is 1. The number of likely N-dealkylation sites (N-methyl/N-ethyl adjacent to an activating group) is 1. The summed E-state index contributed by atoms with van der Waals surface area (Å²) in [5.41, 5.74) is 5.23. The molecule has 114 valence electrons. The van der Waals surface area contributed by atoms with Crippen LogP contribution in [-0.4, -0.2) is 16.8 Å². The molecule has 1 heterocycles. The van der Waals surface area contributed by atoms with Crippen molar-refractivity contribution in [3.05, 3.63) is 52.8 Å². The zero-order chi connectivity index (χ0) is 15.6. The fraction of sp³-hybridized carbons (Fsp3) is 0.500. The summed E-state index contributed by atoms with van der Waals surface area (Å²) < 4.78 is 1.97. The lowest BCUT2D eigenvalue weighted by molar-refractivity contribution is 0.536.